The van der Waals surface area contributed by atoms with Crippen molar-refractivity contribution in [1.82, 2.24) is 0 Å². The minimum atomic E-state index is -0.707. The third-order valence-corrected chi connectivity index (χ3v) is 8.05. The minimum absolute atomic E-state index is 0.0960. The Hall–Kier alpha value is -3.75. The van der Waals surface area contributed by atoms with Crippen LogP contribution >= 0.6 is 0 Å². The summed E-state index contributed by atoms with van der Waals surface area (Å²) in [5.41, 5.74) is -0.195. The quantitative estimate of drug-likeness (QED) is 0.365. The third kappa shape index (κ3) is 3.52. The number of nitro benzene ring substituents is 1. The van der Waals surface area contributed by atoms with E-state index in [4.69, 9.17) is 9.57 Å². The standard InChI is InChI=1S/C25H27N3O6/c1-23(2)24(3)12-13-25(23,22(30)26-17-6-5-7-19(14-17)33-4)15-20(24)27-34-21(29)16-8-10-18(11-9-16)28(31)32/h5-11,14H,12-13,15H2,1-4H3,(H,26,30)/b27-20-. The van der Waals surface area contributed by atoms with E-state index < -0.39 is 27.1 Å². The van der Waals surface area contributed by atoms with Crippen LogP contribution in [0.5, 0.6) is 5.75 Å². The molecular weight excluding hydrogens is 438 g/mol. The fourth-order valence-electron chi connectivity index (χ4n) is 5.34. The van der Waals surface area contributed by atoms with Crippen LogP contribution in [0.15, 0.2) is 53.7 Å². The zero-order chi connectivity index (χ0) is 24.7. The predicted molar refractivity (Wildman–Crippen MR) is 126 cm³/mol. The van der Waals surface area contributed by atoms with Gasteiger partial charge in [-0.25, -0.2) is 4.79 Å². The first kappa shape index (κ1) is 23.4. The Morgan fingerprint density at radius 1 is 1.09 bits per heavy atom. The van der Waals surface area contributed by atoms with Crippen LogP contribution in [0.4, 0.5) is 11.4 Å². The smallest absolute Gasteiger partial charge is 0.365 e. The van der Waals surface area contributed by atoms with Gasteiger partial charge in [0.25, 0.3) is 5.69 Å². The molecule has 2 aliphatic rings. The largest absolute Gasteiger partial charge is 0.497 e. The normalized spacial score (nSPS) is 25.7. The SMILES string of the molecule is COc1cccc(NC(=O)C23CCC(C)(/C(=N\OC(=O)c4ccc([N+](=O)[O-])cc4)C2)C3(C)C)c1. The van der Waals surface area contributed by atoms with Gasteiger partial charge in [-0.1, -0.05) is 32.0 Å². The fraction of sp³-hybridized carbons (Fsp3) is 0.400. The summed E-state index contributed by atoms with van der Waals surface area (Å²) in [4.78, 5) is 41.6. The molecule has 1 amide bonds. The van der Waals surface area contributed by atoms with Crippen molar-refractivity contribution in [3.05, 3.63) is 64.2 Å². The lowest BCUT2D eigenvalue weighted by Gasteiger charge is -2.39. The van der Waals surface area contributed by atoms with E-state index in [2.05, 4.69) is 31.2 Å². The Balaban J connectivity index is 1.55. The van der Waals surface area contributed by atoms with Crippen molar-refractivity contribution in [3.8, 4) is 5.75 Å². The number of anilines is 1. The molecule has 178 valence electrons. The van der Waals surface area contributed by atoms with E-state index in [-0.39, 0.29) is 17.2 Å². The summed E-state index contributed by atoms with van der Waals surface area (Å²) in [6.07, 6.45) is 1.81. The van der Waals surface area contributed by atoms with Gasteiger partial charge in [-0.05, 0) is 42.5 Å². The predicted octanol–water partition coefficient (Wildman–Crippen LogP) is 4.97. The van der Waals surface area contributed by atoms with Crippen LogP contribution in [0.25, 0.3) is 0 Å². The average Bonchev–Trinajstić information content (AvgIpc) is 3.13. The minimum Gasteiger partial charge on any atom is -0.497 e. The van der Waals surface area contributed by atoms with Crippen molar-refractivity contribution in [2.75, 3.05) is 12.4 Å². The van der Waals surface area contributed by atoms with E-state index in [1.165, 1.54) is 24.3 Å². The van der Waals surface area contributed by atoms with E-state index in [1.807, 2.05) is 18.2 Å². The van der Waals surface area contributed by atoms with Gasteiger partial charge in [-0.2, -0.15) is 0 Å². The second-order valence-corrected chi connectivity index (χ2v) is 9.62. The number of hydrogen-bond acceptors (Lipinski definition) is 7. The Morgan fingerprint density at radius 2 is 1.79 bits per heavy atom. The molecule has 2 saturated carbocycles. The lowest BCUT2D eigenvalue weighted by molar-refractivity contribution is -0.384. The van der Waals surface area contributed by atoms with Crippen molar-refractivity contribution < 1.29 is 24.1 Å². The summed E-state index contributed by atoms with van der Waals surface area (Å²) < 4.78 is 5.25. The summed E-state index contributed by atoms with van der Waals surface area (Å²) >= 11 is 0. The van der Waals surface area contributed by atoms with Crippen LogP contribution in [0, 0.1) is 26.4 Å². The number of hydrogen-bond donors (Lipinski definition) is 1. The molecule has 2 aromatic rings. The fourth-order valence-corrected chi connectivity index (χ4v) is 5.34. The molecule has 9 heteroatoms. The number of rotatable bonds is 6. The summed E-state index contributed by atoms with van der Waals surface area (Å²) in [5, 5.41) is 18.1. The first-order valence-electron chi connectivity index (χ1n) is 11.0. The van der Waals surface area contributed by atoms with Gasteiger partial charge in [-0.3, -0.25) is 14.9 Å². The molecule has 2 aromatic carbocycles. The first-order valence-corrected chi connectivity index (χ1v) is 11.0. The molecule has 4 rings (SSSR count). The Morgan fingerprint density at radius 3 is 2.44 bits per heavy atom. The molecule has 2 aliphatic carbocycles. The Labute approximate surface area is 197 Å². The number of carbonyl (C=O) groups excluding carboxylic acids is 2. The Kier molecular flexibility index (Phi) is 5.67. The van der Waals surface area contributed by atoms with Crippen molar-refractivity contribution in [2.24, 2.45) is 21.4 Å². The highest BCUT2D eigenvalue weighted by molar-refractivity contribution is 6.06. The number of nitrogens with zero attached hydrogens (tertiary/aromatic N) is 2. The van der Waals surface area contributed by atoms with Gasteiger partial charge >= 0.3 is 5.97 Å². The molecule has 2 unspecified atom stereocenters. The zero-order valence-electron chi connectivity index (χ0n) is 19.6. The highest BCUT2D eigenvalue weighted by atomic mass is 16.7. The molecule has 0 aromatic heterocycles. The van der Waals surface area contributed by atoms with Gasteiger partial charge in [-0.15, -0.1) is 0 Å². The van der Waals surface area contributed by atoms with Crippen molar-refractivity contribution >= 4 is 29.0 Å². The number of ether oxygens (including phenoxy) is 1. The zero-order valence-corrected chi connectivity index (χ0v) is 19.6. The van der Waals surface area contributed by atoms with Gasteiger partial charge < -0.3 is 14.9 Å². The lowest BCUT2D eigenvalue weighted by Crippen LogP contribution is -2.43. The van der Waals surface area contributed by atoms with Crippen molar-refractivity contribution in [2.45, 2.75) is 40.0 Å². The molecule has 34 heavy (non-hydrogen) atoms. The third-order valence-electron chi connectivity index (χ3n) is 8.05. The van der Waals surface area contributed by atoms with Crippen LogP contribution in [-0.4, -0.2) is 29.6 Å². The number of amides is 1. The van der Waals surface area contributed by atoms with Gasteiger partial charge in [0.15, 0.2) is 0 Å². The summed E-state index contributed by atoms with van der Waals surface area (Å²) in [7, 11) is 1.57. The van der Waals surface area contributed by atoms with Crippen LogP contribution in [0.1, 0.15) is 50.4 Å². The molecule has 9 nitrogen and oxygen atoms in total. The van der Waals surface area contributed by atoms with E-state index in [0.717, 1.165) is 6.42 Å². The molecule has 0 aliphatic heterocycles. The number of nitrogens with one attached hydrogen (secondary N) is 1. The molecule has 2 bridgehead atoms. The lowest BCUT2D eigenvalue weighted by atomic mass is 9.64. The molecule has 0 radical (unpaired) electrons. The number of oxime groups is 1. The van der Waals surface area contributed by atoms with E-state index in [9.17, 15) is 19.7 Å². The van der Waals surface area contributed by atoms with Crippen molar-refractivity contribution in [1.29, 1.82) is 0 Å². The van der Waals surface area contributed by atoms with Gasteiger partial charge in [0.2, 0.25) is 5.91 Å². The van der Waals surface area contributed by atoms with Gasteiger partial charge in [0, 0.05) is 35.7 Å². The van der Waals surface area contributed by atoms with E-state index in [0.29, 0.717) is 30.0 Å². The second-order valence-electron chi connectivity index (χ2n) is 9.62. The maximum Gasteiger partial charge on any atom is 0.365 e. The topological polar surface area (TPSA) is 120 Å². The monoisotopic (exact) mass is 465 g/mol. The number of non-ortho nitro benzene ring substituents is 1. The van der Waals surface area contributed by atoms with Gasteiger partial charge in [0.1, 0.15) is 5.75 Å². The molecule has 0 saturated heterocycles. The van der Waals surface area contributed by atoms with E-state index >= 15 is 0 Å². The second kappa shape index (κ2) is 8.23. The van der Waals surface area contributed by atoms with Crippen LogP contribution in [-0.2, 0) is 9.63 Å². The molecule has 2 fully saturated rings. The van der Waals surface area contributed by atoms with Crippen LogP contribution < -0.4 is 10.1 Å². The molecule has 0 heterocycles. The van der Waals surface area contributed by atoms with Crippen LogP contribution in [0.3, 0.4) is 0 Å². The maximum atomic E-state index is 13.6. The summed E-state index contributed by atoms with van der Waals surface area (Å²) in [6, 6.07) is 12.3. The highest BCUT2D eigenvalue weighted by Crippen LogP contribution is 2.71. The Bertz CT molecular complexity index is 1190. The number of benzene rings is 2. The van der Waals surface area contributed by atoms with Crippen LogP contribution in [0.2, 0.25) is 0 Å². The van der Waals surface area contributed by atoms with Crippen molar-refractivity contribution in [3.63, 3.8) is 0 Å². The highest BCUT2D eigenvalue weighted by Gasteiger charge is 2.71. The molecule has 2 atom stereocenters. The van der Waals surface area contributed by atoms with E-state index in [1.54, 1.807) is 13.2 Å². The summed E-state index contributed by atoms with van der Waals surface area (Å²) in [6.45, 7) is 6.18. The molecular formula is C25H27N3O6. The average molecular weight is 466 g/mol. The number of fused-ring (bicyclic) bond motifs is 2. The summed E-state index contributed by atoms with van der Waals surface area (Å²) in [5.74, 6) is -0.152. The molecule has 0 spiro atoms. The number of carbonyl (C=O) groups is 2. The number of methoxy groups -OCH3 is 1. The van der Waals surface area contributed by atoms with Gasteiger partial charge in [0.05, 0.1) is 28.7 Å². The first-order chi connectivity index (χ1) is 16.0. The number of nitro groups is 1. The molecule has 1 N–H and O–H groups in total. The maximum absolute atomic E-state index is 13.6.